The van der Waals surface area contributed by atoms with Crippen molar-refractivity contribution in [2.75, 3.05) is 13.1 Å². The second kappa shape index (κ2) is 10.6. The van der Waals surface area contributed by atoms with Crippen molar-refractivity contribution in [2.24, 2.45) is 5.92 Å². The van der Waals surface area contributed by atoms with Crippen molar-refractivity contribution in [3.05, 3.63) is 81.4 Å². The first kappa shape index (κ1) is 22.3. The number of fused-ring (bicyclic) bond motifs is 1. The Balaban J connectivity index is 1.60. The smallest absolute Gasteiger partial charge is 0.254 e. The first-order valence-electron chi connectivity index (χ1n) is 11.6. The van der Waals surface area contributed by atoms with E-state index in [4.69, 9.17) is 0 Å². The first-order valence-corrected chi connectivity index (χ1v) is 12.7. The van der Waals surface area contributed by atoms with Crippen LogP contribution in [-0.2, 0) is 0 Å². The summed E-state index contributed by atoms with van der Waals surface area (Å²) in [4.78, 5) is 16.0. The van der Waals surface area contributed by atoms with Crippen LogP contribution in [0.4, 0.5) is 0 Å². The van der Waals surface area contributed by atoms with Crippen molar-refractivity contribution in [3.8, 4) is 0 Å². The molecule has 3 aromatic carbocycles. The Morgan fingerprint density at radius 2 is 1.68 bits per heavy atom. The average molecular weight is 525 g/mol. The summed E-state index contributed by atoms with van der Waals surface area (Å²) in [6, 6.07) is 23.0. The van der Waals surface area contributed by atoms with Gasteiger partial charge in [0.05, 0.1) is 0 Å². The van der Waals surface area contributed by atoms with Crippen LogP contribution in [0.1, 0.15) is 67.3 Å². The maximum absolute atomic E-state index is 13.9. The third-order valence-electron chi connectivity index (χ3n) is 6.77. The molecule has 1 atom stereocenters. The van der Waals surface area contributed by atoms with Gasteiger partial charge in [-0.15, -0.1) is 0 Å². The normalized spacial score (nSPS) is 15.7. The second-order valence-electron chi connectivity index (χ2n) is 9.00. The number of halogens is 1. The Hall–Kier alpha value is -1.88. The molecule has 0 spiro atoms. The third kappa shape index (κ3) is 5.49. The van der Waals surface area contributed by atoms with Gasteiger partial charge < -0.3 is 4.90 Å². The monoisotopic (exact) mass is 525 g/mol. The Morgan fingerprint density at radius 1 is 0.968 bits per heavy atom. The molecule has 3 heteroatoms. The van der Waals surface area contributed by atoms with E-state index in [0.717, 1.165) is 45.3 Å². The molecule has 1 amide bonds. The highest BCUT2D eigenvalue weighted by molar-refractivity contribution is 14.1. The summed E-state index contributed by atoms with van der Waals surface area (Å²) >= 11 is 2.36. The van der Waals surface area contributed by atoms with E-state index in [9.17, 15) is 4.79 Å². The van der Waals surface area contributed by atoms with Gasteiger partial charge >= 0.3 is 0 Å². The van der Waals surface area contributed by atoms with Gasteiger partial charge in [-0.05, 0) is 63.9 Å². The highest BCUT2D eigenvalue weighted by Crippen LogP contribution is 2.29. The van der Waals surface area contributed by atoms with Gasteiger partial charge in [0.1, 0.15) is 0 Å². The lowest BCUT2D eigenvalue weighted by Crippen LogP contribution is -2.36. The highest BCUT2D eigenvalue weighted by Gasteiger charge is 2.23. The number of rotatable bonds is 7. The number of amides is 1. The zero-order valence-electron chi connectivity index (χ0n) is 18.4. The van der Waals surface area contributed by atoms with Crippen LogP contribution < -0.4 is 0 Å². The molecule has 4 rings (SSSR count). The Labute approximate surface area is 200 Å². The summed E-state index contributed by atoms with van der Waals surface area (Å²) in [5, 5.41) is 2.23. The van der Waals surface area contributed by atoms with Crippen LogP contribution >= 0.6 is 22.6 Å². The van der Waals surface area contributed by atoms with Crippen LogP contribution in [-0.4, -0.2) is 23.9 Å². The summed E-state index contributed by atoms with van der Waals surface area (Å²) < 4.78 is 1.14. The molecule has 1 aliphatic rings. The van der Waals surface area contributed by atoms with Crippen LogP contribution in [0.3, 0.4) is 0 Å². The third-order valence-corrected chi connectivity index (χ3v) is 7.67. The molecule has 1 fully saturated rings. The summed E-state index contributed by atoms with van der Waals surface area (Å²) in [5.41, 5.74) is 2.14. The van der Waals surface area contributed by atoms with E-state index in [1.165, 1.54) is 37.7 Å². The summed E-state index contributed by atoms with van der Waals surface area (Å²) in [5.74, 6) is 1.25. The van der Waals surface area contributed by atoms with Crippen molar-refractivity contribution < 1.29 is 4.79 Å². The fourth-order valence-electron chi connectivity index (χ4n) is 4.95. The number of nitrogens with zero attached hydrogens (tertiary/aromatic N) is 1. The van der Waals surface area contributed by atoms with Crippen molar-refractivity contribution in [3.63, 3.8) is 0 Å². The van der Waals surface area contributed by atoms with Crippen LogP contribution in [0.5, 0.6) is 0 Å². The SMILES string of the molecule is CC(CN(CCC1CCCCC1)C(=O)c1cccc2cccc(I)c12)c1ccccc1. The molecule has 162 valence electrons. The summed E-state index contributed by atoms with van der Waals surface area (Å²) in [6.07, 6.45) is 7.83. The molecular formula is C28H32INO. The molecule has 1 saturated carbocycles. The maximum Gasteiger partial charge on any atom is 0.254 e. The van der Waals surface area contributed by atoms with E-state index < -0.39 is 0 Å². The molecule has 0 saturated heterocycles. The quantitative estimate of drug-likeness (QED) is 0.290. The van der Waals surface area contributed by atoms with Gasteiger partial charge in [0.25, 0.3) is 5.91 Å². The van der Waals surface area contributed by atoms with Crippen LogP contribution in [0.2, 0.25) is 0 Å². The molecule has 0 N–H and O–H groups in total. The van der Waals surface area contributed by atoms with E-state index in [1.807, 2.05) is 12.1 Å². The van der Waals surface area contributed by atoms with Gasteiger partial charge in [-0.25, -0.2) is 0 Å². The van der Waals surface area contributed by atoms with Crippen LogP contribution in [0.15, 0.2) is 66.7 Å². The zero-order valence-corrected chi connectivity index (χ0v) is 20.6. The van der Waals surface area contributed by atoms with Gasteiger partial charge in [0.15, 0.2) is 0 Å². The van der Waals surface area contributed by atoms with Gasteiger partial charge in [0, 0.05) is 27.6 Å². The van der Waals surface area contributed by atoms with Crippen LogP contribution in [0, 0.1) is 9.49 Å². The average Bonchev–Trinajstić information content (AvgIpc) is 2.82. The number of hydrogen-bond donors (Lipinski definition) is 0. The van der Waals surface area contributed by atoms with Crippen molar-refractivity contribution in [2.45, 2.75) is 51.4 Å². The molecule has 0 bridgehead atoms. The summed E-state index contributed by atoms with van der Waals surface area (Å²) in [7, 11) is 0. The molecule has 1 aliphatic carbocycles. The van der Waals surface area contributed by atoms with Gasteiger partial charge in [-0.2, -0.15) is 0 Å². The molecule has 0 heterocycles. The summed E-state index contributed by atoms with van der Waals surface area (Å²) in [6.45, 7) is 3.85. The molecule has 0 aliphatic heterocycles. The second-order valence-corrected chi connectivity index (χ2v) is 10.2. The fourth-order valence-corrected chi connectivity index (χ4v) is 5.76. The number of carbonyl (C=O) groups excluding carboxylic acids is 1. The van der Waals surface area contributed by atoms with Gasteiger partial charge in [-0.1, -0.05) is 93.6 Å². The van der Waals surface area contributed by atoms with E-state index in [1.54, 1.807) is 0 Å². The molecular weight excluding hydrogens is 493 g/mol. The molecule has 0 radical (unpaired) electrons. The zero-order chi connectivity index (χ0) is 21.6. The topological polar surface area (TPSA) is 20.3 Å². The van der Waals surface area contributed by atoms with Crippen molar-refractivity contribution in [1.82, 2.24) is 4.90 Å². The first-order chi connectivity index (χ1) is 15.1. The van der Waals surface area contributed by atoms with Crippen molar-refractivity contribution in [1.29, 1.82) is 0 Å². The maximum atomic E-state index is 13.9. The number of hydrogen-bond acceptors (Lipinski definition) is 1. The van der Waals surface area contributed by atoms with E-state index in [0.29, 0.717) is 5.92 Å². The van der Waals surface area contributed by atoms with Gasteiger partial charge in [-0.3, -0.25) is 4.79 Å². The lowest BCUT2D eigenvalue weighted by molar-refractivity contribution is 0.0735. The predicted octanol–water partition coefficient (Wildman–Crippen LogP) is 7.66. The molecule has 1 unspecified atom stereocenters. The molecule has 3 aromatic rings. The van der Waals surface area contributed by atoms with Gasteiger partial charge in [0.2, 0.25) is 0 Å². The largest absolute Gasteiger partial charge is 0.338 e. The number of benzene rings is 3. The minimum absolute atomic E-state index is 0.174. The lowest BCUT2D eigenvalue weighted by Gasteiger charge is -2.30. The molecule has 0 aromatic heterocycles. The standard InChI is InChI=1S/C28H32INO/c1-21(23-12-6-3-7-13-23)20-30(19-18-22-10-4-2-5-11-22)28(31)25-16-8-14-24-15-9-17-26(29)27(24)25/h3,6-9,12-17,21-22H,2,4-5,10-11,18-20H2,1H3. The van der Waals surface area contributed by atoms with Crippen LogP contribution in [0.25, 0.3) is 10.8 Å². The van der Waals surface area contributed by atoms with Crippen molar-refractivity contribution >= 4 is 39.3 Å². The molecule has 31 heavy (non-hydrogen) atoms. The van der Waals surface area contributed by atoms with E-state index in [2.05, 4.69) is 89.0 Å². The Kier molecular flexibility index (Phi) is 7.65. The fraction of sp³-hybridized carbons (Fsp3) is 0.393. The highest BCUT2D eigenvalue weighted by atomic mass is 127. The molecule has 2 nitrogen and oxygen atoms in total. The lowest BCUT2D eigenvalue weighted by atomic mass is 9.87. The predicted molar refractivity (Wildman–Crippen MR) is 139 cm³/mol. The number of carbonyl (C=O) groups is 1. The minimum atomic E-state index is 0.174. The van der Waals surface area contributed by atoms with E-state index in [-0.39, 0.29) is 5.91 Å². The Morgan fingerprint density at radius 3 is 2.42 bits per heavy atom. The Bertz CT molecular complexity index is 1000. The minimum Gasteiger partial charge on any atom is -0.338 e. The van der Waals surface area contributed by atoms with E-state index >= 15 is 0 Å².